The molecule has 0 bridgehead atoms. The van der Waals surface area contributed by atoms with Crippen molar-refractivity contribution in [3.05, 3.63) is 24.0 Å². The maximum absolute atomic E-state index is 14.6. The minimum Gasteiger partial charge on any atom is -0.442 e. The van der Waals surface area contributed by atoms with E-state index in [1.54, 1.807) is 16.0 Å². The van der Waals surface area contributed by atoms with Crippen LogP contribution in [0.15, 0.2) is 23.3 Å². The van der Waals surface area contributed by atoms with Crippen LogP contribution in [0, 0.1) is 17.1 Å². The third kappa shape index (κ3) is 4.28. The SMILES string of the molecule is N#CCN1CCN(c2ccc(N3CC(CNC(=O)CF)OC3=O)cc2F)C=N1. The van der Waals surface area contributed by atoms with Crippen LogP contribution in [0.3, 0.4) is 0 Å². The van der Waals surface area contributed by atoms with Crippen molar-refractivity contribution in [2.75, 3.05) is 49.2 Å². The van der Waals surface area contributed by atoms with E-state index in [2.05, 4.69) is 10.4 Å². The highest BCUT2D eigenvalue weighted by atomic mass is 19.1. The second-order valence-corrected chi connectivity index (χ2v) is 6.16. The average molecular weight is 392 g/mol. The number of hydrogen-bond donors (Lipinski definition) is 1. The van der Waals surface area contributed by atoms with Crippen LogP contribution in [0.5, 0.6) is 0 Å². The van der Waals surface area contributed by atoms with Gasteiger partial charge in [0.15, 0.2) is 6.67 Å². The van der Waals surface area contributed by atoms with Gasteiger partial charge >= 0.3 is 6.09 Å². The van der Waals surface area contributed by atoms with Gasteiger partial charge < -0.3 is 15.0 Å². The second kappa shape index (κ2) is 8.51. The number of halogens is 2. The zero-order chi connectivity index (χ0) is 20.1. The first-order chi connectivity index (χ1) is 13.5. The molecule has 148 valence electrons. The Kier molecular flexibility index (Phi) is 5.88. The molecule has 0 aromatic heterocycles. The molecular formula is C17H18F2N6O3. The van der Waals surface area contributed by atoms with E-state index >= 15 is 0 Å². The maximum atomic E-state index is 14.6. The van der Waals surface area contributed by atoms with Gasteiger partial charge in [-0.1, -0.05) is 0 Å². The van der Waals surface area contributed by atoms with Gasteiger partial charge in [-0.3, -0.25) is 14.7 Å². The Morgan fingerprint density at radius 2 is 2.25 bits per heavy atom. The molecule has 1 N–H and O–H groups in total. The predicted molar refractivity (Wildman–Crippen MR) is 96.0 cm³/mol. The van der Waals surface area contributed by atoms with E-state index in [1.807, 2.05) is 6.07 Å². The number of carbonyl (C=O) groups is 2. The molecule has 0 aliphatic carbocycles. The number of cyclic esters (lactones) is 1. The fraction of sp³-hybridized carbons (Fsp3) is 0.412. The Bertz CT molecular complexity index is 828. The average Bonchev–Trinajstić information content (AvgIpc) is 3.07. The van der Waals surface area contributed by atoms with Crippen molar-refractivity contribution < 1.29 is 23.1 Å². The van der Waals surface area contributed by atoms with E-state index in [4.69, 9.17) is 10.00 Å². The first-order valence-corrected chi connectivity index (χ1v) is 8.55. The molecule has 1 unspecified atom stereocenters. The van der Waals surface area contributed by atoms with Crippen molar-refractivity contribution in [1.29, 1.82) is 5.26 Å². The molecule has 1 fully saturated rings. The summed E-state index contributed by atoms with van der Waals surface area (Å²) in [6.45, 7) is 0.0495. The largest absolute Gasteiger partial charge is 0.442 e. The number of alkyl halides is 1. The summed E-state index contributed by atoms with van der Waals surface area (Å²) in [5, 5.41) is 16.6. The van der Waals surface area contributed by atoms with E-state index in [9.17, 15) is 18.4 Å². The highest BCUT2D eigenvalue weighted by Gasteiger charge is 2.33. The van der Waals surface area contributed by atoms with Crippen molar-refractivity contribution in [2.45, 2.75) is 6.10 Å². The molecule has 0 saturated carbocycles. The number of anilines is 2. The molecule has 2 amide bonds. The van der Waals surface area contributed by atoms with Crippen LogP contribution < -0.4 is 15.1 Å². The number of nitriles is 1. The monoisotopic (exact) mass is 392 g/mol. The maximum Gasteiger partial charge on any atom is 0.414 e. The number of benzene rings is 1. The minimum atomic E-state index is -1.15. The number of hydrazone groups is 1. The van der Waals surface area contributed by atoms with Crippen molar-refractivity contribution in [1.82, 2.24) is 10.3 Å². The van der Waals surface area contributed by atoms with E-state index in [1.165, 1.54) is 23.4 Å². The van der Waals surface area contributed by atoms with Crippen LogP contribution in [-0.2, 0) is 9.53 Å². The van der Waals surface area contributed by atoms with E-state index < -0.39 is 30.6 Å². The number of nitrogens with one attached hydrogen (secondary N) is 1. The molecule has 1 aromatic carbocycles. The molecule has 1 atom stereocenters. The second-order valence-electron chi connectivity index (χ2n) is 6.16. The minimum absolute atomic E-state index is 0.0189. The summed E-state index contributed by atoms with van der Waals surface area (Å²) in [5.74, 6) is -1.33. The molecule has 3 rings (SSSR count). The smallest absolute Gasteiger partial charge is 0.414 e. The summed E-state index contributed by atoms with van der Waals surface area (Å²) in [7, 11) is 0. The van der Waals surface area contributed by atoms with E-state index in [-0.39, 0.29) is 19.6 Å². The molecule has 0 spiro atoms. The van der Waals surface area contributed by atoms with Crippen molar-refractivity contribution in [3.8, 4) is 6.07 Å². The van der Waals surface area contributed by atoms with Gasteiger partial charge in [-0.05, 0) is 18.2 Å². The zero-order valence-electron chi connectivity index (χ0n) is 14.8. The predicted octanol–water partition coefficient (Wildman–Crippen LogP) is 0.825. The van der Waals surface area contributed by atoms with E-state index in [0.29, 0.717) is 24.5 Å². The molecule has 2 aliphatic heterocycles. The van der Waals surface area contributed by atoms with Crippen LogP contribution in [0.1, 0.15) is 0 Å². The Morgan fingerprint density at radius 3 is 2.89 bits per heavy atom. The fourth-order valence-corrected chi connectivity index (χ4v) is 2.87. The third-order valence-electron chi connectivity index (χ3n) is 4.28. The van der Waals surface area contributed by atoms with Gasteiger partial charge in [0.05, 0.1) is 37.1 Å². The lowest BCUT2D eigenvalue weighted by Gasteiger charge is -2.29. The molecule has 28 heavy (non-hydrogen) atoms. The Morgan fingerprint density at radius 1 is 1.43 bits per heavy atom. The molecule has 1 aromatic rings. The van der Waals surface area contributed by atoms with Crippen molar-refractivity contribution in [3.63, 3.8) is 0 Å². The van der Waals surface area contributed by atoms with Gasteiger partial charge in [0.1, 0.15) is 24.8 Å². The number of amides is 2. The van der Waals surface area contributed by atoms with E-state index in [0.717, 1.165) is 0 Å². The highest BCUT2D eigenvalue weighted by molar-refractivity contribution is 5.90. The quantitative estimate of drug-likeness (QED) is 0.720. The first-order valence-electron chi connectivity index (χ1n) is 8.55. The summed E-state index contributed by atoms with van der Waals surface area (Å²) >= 11 is 0. The van der Waals surface area contributed by atoms with Crippen LogP contribution in [0.4, 0.5) is 25.0 Å². The summed E-state index contributed by atoms with van der Waals surface area (Å²) < 4.78 is 31.9. The number of nitrogens with zero attached hydrogens (tertiary/aromatic N) is 5. The van der Waals surface area contributed by atoms with Gasteiger partial charge in [0, 0.05) is 6.54 Å². The van der Waals surface area contributed by atoms with Gasteiger partial charge in [0.2, 0.25) is 0 Å². The first kappa shape index (κ1) is 19.3. The molecular weight excluding hydrogens is 374 g/mol. The lowest BCUT2D eigenvalue weighted by atomic mass is 10.2. The topological polar surface area (TPSA) is 101 Å². The number of hydrogen-bond acceptors (Lipinski definition) is 7. The highest BCUT2D eigenvalue weighted by Crippen LogP contribution is 2.28. The van der Waals surface area contributed by atoms with Gasteiger partial charge in [-0.15, -0.1) is 0 Å². The van der Waals surface area contributed by atoms with Gasteiger partial charge in [-0.25, -0.2) is 13.6 Å². The third-order valence-corrected chi connectivity index (χ3v) is 4.28. The lowest BCUT2D eigenvalue weighted by Crippen LogP contribution is -2.38. The summed E-state index contributed by atoms with van der Waals surface area (Å²) in [6.07, 6.45) is 0.136. The molecule has 11 heteroatoms. The van der Waals surface area contributed by atoms with Crippen LogP contribution in [0.2, 0.25) is 0 Å². The standard InChI is InChI=1S/C17H18F2N6O3/c18-8-16(26)21-9-13-10-25(17(27)28-13)12-1-2-15(14(19)7-12)23-5-6-24(4-3-20)22-11-23/h1-2,7,11,13H,4-6,8-10H2,(H,21,26). The number of rotatable bonds is 6. The molecule has 0 radical (unpaired) electrons. The van der Waals surface area contributed by atoms with Crippen molar-refractivity contribution >= 4 is 29.7 Å². The van der Waals surface area contributed by atoms with Crippen LogP contribution in [-0.4, -0.2) is 68.9 Å². The summed E-state index contributed by atoms with van der Waals surface area (Å²) in [4.78, 5) is 25.9. The molecule has 9 nitrogen and oxygen atoms in total. The Labute approximate surface area is 159 Å². The molecule has 2 heterocycles. The summed E-state index contributed by atoms with van der Waals surface area (Å²) in [6, 6.07) is 6.32. The zero-order valence-corrected chi connectivity index (χ0v) is 14.8. The van der Waals surface area contributed by atoms with Gasteiger partial charge in [0.25, 0.3) is 5.91 Å². The fourth-order valence-electron chi connectivity index (χ4n) is 2.87. The van der Waals surface area contributed by atoms with Gasteiger partial charge in [-0.2, -0.15) is 10.4 Å². The lowest BCUT2D eigenvalue weighted by molar-refractivity contribution is -0.122. The van der Waals surface area contributed by atoms with Crippen molar-refractivity contribution in [2.24, 2.45) is 5.10 Å². The number of ether oxygens (including phenoxy) is 1. The van der Waals surface area contributed by atoms with Crippen LogP contribution >= 0.6 is 0 Å². The Hall–Kier alpha value is -3.42. The molecule has 1 saturated heterocycles. The Balaban J connectivity index is 1.66. The molecule has 2 aliphatic rings. The normalized spacial score (nSPS) is 18.8. The summed E-state index contributed by atoms with van der Waals surface area (Å²) in [5.41, 5.74) is 0.606. The number of carbonyl (C=O) groups excluding carboxylic acids is 2. The van der Waals surface area contributed by atoms with Crippen LogP contribution in [0.25, 0.3) is 0 Å².